The van der Waals surface area contributed by atoms with Gasteiger partial charge in [-0.2, -0.15) is 0 Å². The minimum Gasteiger partial charge on any atom is -0.478 e. The molecule has 7 heteroatoms. The van der Waals surface area contributed by atoms with Crippen LogP contribution in [0.3, 0.4) is 0 Å². The van der Waals surface area contributed by atoms with E-state index in [1.165, 1.54) is 6.20 Å². The van der Waals surface area contributed by atoms with Gasteiger partial charge in [0.1, 0.15) is 0 Å². The van der Waals surface area contributed by atoms with E-state index in [0.717, 1.165) is 5.01 Å². The fourth-order valence-corrected chi connectivity index (χ4v) is 2.27. The molecule has 0 amide bonds. The maximum Gasteiger partial charge on any atom is 0.339 e. The Morgan fingerprint density at radius 1 is 1.53 bits per heavy atom. The molecule has 2 N–H and O–H groups in total. The van der Waals surface area contributed by atoms with Crippen LogP contribution in [0.15, 0.2) is 17.8 Å². The van der Waals surface area contributed by atoms with Crippen molar-refractivity contribution < 1.29 is 9.90 Å². The molecule has 0 aliphatic heterocycles. The van der Waals surface area contributed by atoms with Crippen LogP contribution in [0.2, 0.25) is 0 Å². The Hall–Kier alpha value is -2.02. The van der Waals surface area contributed by atoms with Crippen molar-refractivity contribution in [3.63, 3.8) is 0 Å². The van der Waals surface area contributed by atoms with E-state index in [9.17, 15) is 4.79 Å². The lowest BCUT2D eigenvalue weighted by Gasteiger charge is -2.10. The van der Waals surface area contributed by atoms with E-state index in [1.807, 2.05) is 5.38 Å². The van der Waals surface area contributed by atoms with Crippen LogP contribution in [0.1, 0.15) is 33.9 Å². The molecule has 0 fully saturated rings. The number of hydrogen-bond acceptors (Lipinski definition) is 6. The van der Waals surface area contributed by atoms with E-state index >= 15 is 0 Å². The first-order valence-corrected chi connectivity index (χ1v) is 6.66. The molecule has 2 rings (SSSR count). The van der Waals surface area contributed by atoms with Crippen molar-refractivity contribution in [1.29, 1.82) is 0 Å². The van der Waals surface area contributed by atoms with Crippen LogP contribution in [-0.4, -0.2) is 32.6 Å². The molecule has 0 aromatic carbocycles. The van der Waals surface area contributed by atoms with E-state index in [2.05, 4.69) is 27.2 Å². The number of nitrogens with one attached hydrogen (secondary N) is 1. The number of thiazole rings is 1. The molecule has 2 aromatic rings. The predicted molar refractivity (Wildman–Crippen MR) is 72.7 cm³/mol. The molecule has 6 nitrogen and oxygen atoms in total. The average Bonchev–Trinajstić information content (AvgIpc) is 2.89. The number of carbonyl (C=O) groups is 1. The second-order valence-electron chi connectivity index (χ2n) is 4.15. The summed E-state index contributed by atoms with van der Waals surface area (Å²) in [5.74, 6) is -0.325. The lowest BCUT2D eigenvalue weighted by atomic mass is 10.2. The number of rotatable bonds is 5. The largest absolute Gasteiger partial charge is 0.478 e. The van der Waals surface area contributed by atoms with Crippen molar-refractivity contribution in [2.75, 3.05) is 11.9 Å². The Morgan fingerprint density at radius 3 is 2.89 bits per heavy atom. The third kappa shape index (κ3) is 3.25. The molecule has 1 unspecified atom stereocenters. The molecule has 100 valence electrons. The van der Waals surface area contributed by atoms with E-state index in [0.29, 0.717) is 18.2 Å². The number of hydrogen-bond donors (Lipinski definition) is 2. The molecule has 2 aromatic heterocycles. The Kier molecular flexibility index (Phi) is 4.06. The van der Waals surface area contributed by atoms with E-state index in [-0.39, 0.29) is 11.5 Å². The van der Waals surface area contributed by atoms with Gasteiger partial charge in [0, 0.05) is 30.2 Å². The fourth-order valence-electron chi connectivity index (χ4n) is 1.57. The van der Waals surface area contributed by atoms with Gasteiger partial charge >= 0.3 is 5.97 Å². The average molecular weight is 278 g/mol. The van der Waals surface area contributed by atoms with Crippen molar-refractivity contribution in [2.45, 2.75) is 19.8 Å². The normalized spacial score (nSPS) is 12.1. The molecule has 2 heterocycles. The van der Waals surface area contributed by atoms with Crippen LogP contribution in [0.4, 0.5) is 5.95 Å². The monoisotopic (exact) mass is 278 g/mol. The van der Waals surface area contributed by atoms with Crippen LogP contribution in [0.5, 0.6) is 0 Å². The minimum atomic E-state index is -1.01. The SMILES string of the molecule is Cc1nc(NCC(C)c2nccs2)ncc1C(=O)O. The molecule has 0 aliphatic carbocycles. The van der Waals surface area contributed by atoms with Gasteiger partial charge in [0.05, 0.1) is 16.3 Å². The highest BCUT2D eigenvalue weighted by atomic mass is 32.1. The van der Waals surface area contributed by atoms with Crippen molar-refractivity contribution in [3.05, 3.63) is 34.0 Å². The fraction of sp³-hybridized carbons (Fsp3) is 0.333. The number of aryl methyl sites for hydroxylation is 1. The third-order valence-electron chi connectivity index (χ3n) is 2.65. The molecule has 0 saturated carbocycles. The Labute approximate surface area is 114 Å². The smallest absolute Gasteiger partial charge is 0.339 e. The van der Waals surface area contributed by atoms with Gasteiger partial charge in [-0.15, -0.1) is 11.3 Å². The van der Waals surface area contributed by atoms with Crippen LogP contribution in [-0.2, 0) is 0 Å². The lowest BCUT2D eigenvalue weighted by Crippen LogP contribution is -2.13. The second kappa shape index (κ2) is 5.75. The first kappa shape index (κ1) is 13.4. The number of aromatic nitrogens is 3. The van der Waals surface area contributed by atoms with Gasteiger partial charge in [-0.3, -0.25) is 0 Å². The Morgan fingerprint density at radius 2 is 2.32 bits per heavy atom. The van der Waals surface area contributed by atoms with Gasteiger partial charge in [-0.1, -0.05) is 6.92 Å². The highest BCUT2D eigenvalue weighted by Gasteiger charge is 2.11. The van der Waals surface area contributed by atoms with Crippen LogP contribution < -0.4 is 5.32 Å². The number of aromatic carboxylic acids is 1. The molecule has 0 spiro atoms. The zero-order valence-corrected chi connectivity index (χ0v) is 11.4. The van der Waals surface area contributed by atoms with Gasteiger partial charge in [0.25, 0.3) is 0 Å². The third-order valence-corrected chi connectivity index (χ3v) is 3.66. The topological polar surface area (TPSA) is 88.0 Å². The van der Waals surface area contributed by atoms with Gasteiger partial charge in [0.15, 0.2) is 0 Å². The summed E-state index contributed by atoms with van der Waals surface area (Å²) in [5.41, 5.74) is 0.574. The second-order valence-corrected chi connectivity index (χ2v) is 5.08. The number of carboxylic acid groups (broad SMARTS) is 1. The van der Waals surface area contributed by atoms with E-state index < -0.39 is 5.97 Å². The van der Waals surface area contributed by atoms with Crippen molar-refractivity contribution in [1.82, 2.24) is 15.0 Å². The van der Waals surface area contributed by atoms with Gasteiger partial charge in [-0.05, 0) is 6.92 Å². The first-order chi connectivity index (χ1) is 9.08. The molecule has 1 atom stereocenters. The molecular formula is C12H14N4O2S. The molecule has 0 radical (unpaired) electrons. The zero-order chi connectivity index (χ0) is 13.8. The minimum absolute atomic E-state index is 0.124. The Balaban J connectivity index is 2.00. The lowest BCUT2D eigenvalue weighted by molar-refractivity contribution is 0.0695. The molecule has 0 aliphatic rings. The van der Waals surface area contributed by atoms with Gasteiger partial charge < -0.3 is 10.4 Å². The summed E-state index contributed by atoms with van der Waals surface area (Å²) in [5, 5.41) is 15.0. The number of anilines is 1. The van der Waals surface area contributed by atoms with Gasteiger partial charge in [-0.25, -0.2) is 19.7 Å². The van der Waals surface area contributed by atoms with Gasteiger partial charge in [0.2, 0.25) is 5.95 Å². The maximum atomic E-state index is 10.8. The van der Waals surface area contributed by atoms with Crippen LogP contribution >= 0.6 is 11.3 Å². The predicted octanol–water partition coefficient (Wildman–Crippen LogP) is 2.16. The molecular weight excluding hydrogens is 264 g/mol. The quantitative estimate of drug-likeness (QED) is 0.871. The summed E-state index contributed by atoms with van der Waals surface area (Å²) in [6.07, 6.45) is 3.10. The van der Waals surface area contributed by atoms with Crippen molar-refractivity contribution in [2.24, 2.45) is 0 Å². The van der Waals surface area contributed by atoms with E-state index in [4.69, 9.17) is 5.11 Å². The number of carboxylic acids is 1. The Bertz CT molecular complexity index is 571. The summed E-state index contributed by atoms with van der Waals surface area (Å²) in [7, 11) is 0. The standard InChI is InChI=1S/C12H14N4O2S/c1-7(10-13-3-4-19-10)5-14-12-15-6-9(11(17)18)8(2)16-12/h3-4,6-7H,5H2,1-2H3,(H,17,18)(H,14,15,16). The molecule has 0 bridgehead atoms. The van der Waals surface area contributed by atoms with Crippen LogP contribution in [0.25, 0.3) is 0 Å². The molecule has 19 heavy (non-hydrogen) atoms. The van der Waals surface area contributed by atoms with Crippen LogP contribution in [0, 0.1) is 6.92 Å². The van der Waals surface area contributed by atoms with E-state index in [1.54, 1.807) is 24.5 Å². The van der Waals surface area contributed by atoms with Crippen molar-refractivity contribution in [3.8, 4) is 0 Å². The zero-order valence-electron chi connectivity index (χ0n) is 10.6. The number of nitrogens with zero attached hydrogens (tertiary/aromatic N) is 3. The molecule has 0 saturated heterocycles. The highest BCUT2D eigenvalue weighted by molar-refractivity contribution is 7.09. The summed E-state index contributed by atoms with van der Waals surface area (Å²) in [6.45, 7) is 4.37. The summed E-state index contributed by atoms with van der Waals surface area (Å²) in [4.78, 5) is 23.2. The first-order valence-electron chi connectivity index (χ1n) is 5.78. The van der Waals surface area contributed by atoms with Crippen molar-refractivity contribution >= 4 is 23.3 Å². The summed E-state index contributed by atoms with van der Waals surface area (Å²) < 4.78 is 0. The highest BCUT2D eigenvalue weighted by Crippen LogP contribution is 2.17. The maximum absolute atomic E-state index is 10.8. The summed E-state index contributed by atoms with van der Waals surface area (Å²) in [6, 6.07) is 0. The summed E-state index contributed by atoms with van der Waals surface area (Å²) >= 11 is 1.61.